The van der Waals surface area contributed by atoms with Crippen LogP contribution in [0.4, 0.5) is 5.69 Å². The van der Waals surface area contributed by atoms with Gasteiger partial charge in [0.05, 0.1) is 0 Å². The predicted molar refractivity (Wildman–Crippen MR) is 83.7 cm³/mol. The summed E-state index contributed by atoms with van der Waals surface area (Å²) < 4.78 is 0. The smallest absolute Gasteiger partial charge is 0.224 e. The number of hydrogen-bond acceptors (Lipinski definition) is 2. The summed E-state index contributed by atoms with van der Waals surface area (Å²) in [5.74, 6) is 0.741. The third-order valence-electron chi connectivity index (χ3n) is 4.33. The van der Waals surface area contributed by atoms with Gasteiger partial charge in [0, 0.05) is 18.2 Å². The summed E-state index contributed by atoms with van der Waals surface area (Å²) in [4.78, 5) is 12.2. The SMILES string of the molecule is CNC(C)c1ccccc1NC(=O)CC1CCCCC1. The van der Waals surface area contributed by atoms with Crippen LogP contribution in [0, 0.1) is 5.92 Å². The largest absolute Gasteiger partial charge is 0.326 e. The van der Waals surface area contributed by atoms with Gasteiger partial charge in [-0.15, -0.1) is 0 Å². The highest BCUT2D eigenvalue weighted by Gasteiger charge is 2.18. The summed E-state index contributed by atoms with van der Waals surface area (Å²) in [7, 11) is 1.94. The van der Waals surface area contributed by atoms with Gasteiger partial charge >= 0.3 is 0 Å². The van der Waals surface area contributed by atoms with Gasteiger partial charge in [-0.1, -0.05) is 37.5 Å². The molecule has 0 saturated heterocycles. The van der Waals surface area contributed by atoms with Crippen molar-refractivity contribution in [1.29, 1.82) is 0 Å². The van der Waals surface area contributed by atoms with Crippen LogP contribution in [-0.4, -0.2) is 13.0 Å². The summed E-state index contributed by atoms with van der Waals surface area (Å²) in [6.07, 6.45) is 6.99. The van der Waals surface area contributed by atoms with E-state index >= 15 is 0 Å². The molecule has 1 aromatic rings. The van der Waals surface area contributed by atoms with Crippen LogP contribution in [0.5, 0.6) is 0 Å². The Bertz CT molecular complexity index is 438. The zero-order chi connectivity index (χ0) is 14.4. The number of amides is 1. The lowest BCUT2D eigenvalue weighted by Crippen LogP contribution is -2.20. The van der Waals surface area contributed by atoms with Gasteiger partial charge in [-0.2, -0.15) is 0 Å². The normalized spacial score (nSPS) is 17.7. The number of benzene rings is 1. The Balaban J connectivity index is 1.96. The van der Waals surface area contributed by atoms with Crippen LogP contribution < -0.4 is 10.6 Å². The first-order valence-electron chi connectivity index (χ1n) is 7.76. The van der Waals surface area contributed by atoms with Crippen molar-refractivity contribution in [1.82, 2.24) is 5.32 Å². The molecule has 110 valence electrons. The second-order valence-electron chi connectivity index (χ2n) is 5.85. The molecule has 0 aliphatic heterocycles. The fourth-order valence-electron chi connectivity index (χ4n) is 3.00. The van der Waals surface area contributed by atoms with E-state index in [-0.39, 0.29) is 11.9 Å². The van der Waals surface area contributed by atoms with Crippen LogP contribution in [0.3, 0.4) is 0 Å². The molecule has 0 spiro atoms. The van der Waals surface area contributed by atoms with E-state index < -0.39 is 0 Å². The Morgan fingerprint density at radius 2 is 1.95 bits per heavy atom. The highest BCUT2D eigenvalue weighted by Crippen LogP contribution is 2.27. The molecule has 0 bridgehead atoms. The number of para-hydroxylation sites is 1. The van der Waals surface area contributed by atoms with E-state index in [0.717, 1.165) is 11.3 Å². The summed E-state index contributed by atoms with van der Waals surface area (Å²) >= 11 is 0. The highest BCUT2D eigenvalue weighted by atomic mass is 16.1. The molecule has 2 N–H and O–H groups in total. The van der Waals surface area contributed by atoms with E-state index in [1.54, 1.807) is 0 Å². The van der Waals surface area contributed by atoms with E-state index in [1.807, 2.05) is 25.2 Å². The Morgan fingerprint density at radius 3 is 2.65 bits per heavy atom. The van der Waals surface area contributed by atoms with E-state index in [2.05, 4.69) is 23.6 Å². The molecular formula is C17H26N2O. The van der Waals surface area contributed by atoms with Crippen molar-refractivity contribution in [2.24, 2.45) is 5.92 Å². The third kappa shape index (κ3) is 4.07. The minimum Gasteiger partial charge on any atom is -0.326 e. The van der Waals surface area contributed by atoms with Gasteiger partial charge in [0.2, 0.25) is 5.91 Å². The lowest BCUT2D eigenvalue weighted by molar-refractivity contribution is -0.117. The Morgan fingerprint density at radius 1 is 1.25 bits per heavy atom. The molecule has 1 fully saturated rings. The molecule has 1 aliphatic carbocycles. The molecule has 0 heterocycles. The highest BCUT2D eigenvalue weighted by molar-refractivity contribution is 5.91. The van der Waals surface area contributed by atoms with Gasteiger partial charge in [-0.3, -0.25) is 4.79 Å². The summed E-state index contributed by atoms with van der Waals surface area (Å²) in [5.41, 5.74) is 2.09. The number of hydrogen-bond donors (Lipinski definition) is 2. The van der Waals surface area contributed by atoms with Gasteiger partial charge in [-0.05, 0) is 44.4 Å². The van der Waals surface area contributed by atoms with Crippen LogP contribution in [-0.2, 0) is 4.79 Å². The molecule has 1 unspecified atom stereocenters. The van der Waals surface area contributed by atoms with Gasteiger partial charge < -0.3 is 10.6 Å². The molecule has 1 aromatic carbocycles. The van der Waals surface area contributed by atoms with E-state index in [0.29, 0.717) is 12.3 Å². The maximum atomic E-state index is 12.2. The van der Waals surface area contributed by atoms with E-state index in [4.69, 9.17) is 0 Å². The molecule has 1 atom stereocenters. The van der Waals surface area contributed by atoms with Gasteiger partial charge in [0.25, 0.3) is 0 Å². The van der Waals surface area contributed by atoms with Crippen LogP contribution >= 0.6 is 0 Å². The molecule has 1 amide bonds. The molecule has 1 saturated carbocycles. The van der Waals surface area contributed by atoms with Crippen molar-refractivity contribution < 1.29 is 4.79 Å². The summed E-state index contributed by atoms with van der Waals surface area (Å²) in [6.45, 7) is 2.10. The van der Waals surface area contributed by atoms with Crippen LogP contribution in [0.1, 0.15) is 57.1 Å². The Hall–Kier alpha value is -1.35. The van der Waals surface area contributed by atoms with Crippen molar-refractivity contribution in [2.45, 2.75) is 51.5 Å². The van der Waals surface area contributed by atoms with Crippen LogP contribution in [0.25, 0.3) is 0 Å². The lowest BCUT2D eigenvalue weighted by Gasteiger charge is -2.22. The summed E-state index contributed by atoms with van der Waals surface area (Å²) in [6, 6.07) is 8.28. The first kappa shape index (κ1) is 15.0. The minimum atomic E-state index is 0.160. The fraction of sp³-hybridized carbons (Fsp3) is 0.588. The van der Waals surface area contributed by atoms with Crippen LogP contribution in [0.2, 0.25) is 0 Å². The molecule has 0 aromatic heterocycles. The van der Waals surface area contributed by atoms with Gasteiger partial charge in [-0.25, -0.2) is 0 Å². The van der Waals surface area contributed by atoms with Crippen molar-refractivity contribution in [3.8, 4) is 0 Å². The number of anilines is 1. The van der Waals surface area contributed by atoms with Crippen molar-refractivity contribution in [3.05, 3.63) is 29.8 Å². The van der Waals surface area contributed by atoms with Gasteiger partial charge in [0.15, 0.2) is 0 Å². The molecule has 0 radical (unpaired) electrons. The van der Waals surface area contributed by atoms with Crippen molar-refractivity contribution >= 4 is 11.6 Å². The van der Waals surface area contributed by atoms with E-state index in [1.165, 1.54) is 32.1 Å². The summed E-state index contributed by atoms with van der Waals surface area (Å²) in [5, 5.41) is 6.32. The molecule has 3 heteroatoms. The number of nitrogens with one attached hydrogen (secondary N) is 2. The average molecular weight is 274 g/mol. The maximum Gasteiger partial charge on any atom is 0.224 e. The quantitative estimate of drug-likeness (QED) is 0.855. The maximum absolute atomic E-state index is 12.2. The molecular weight excluding hydrogens is 248 g/mol. The first-order chi connectivity index (χ1) is 9.70. The molecule has 1 aliphatic rings. The Labute approximate surface area is 122 Å². The zero-order valence-electron chi connectivity index (χ0n) is 12.6. The number of carbonyl (C=O) groups is 1. The third-order valence-corrected chi connectivity index (χ3v) is 4.33. The molecule has 2 rings (SSSR count). The van der Waals surface area contributed by atoms with Gasteiger partial charge in [0.1, 0.15) is 0 Å². The van der Waals surface area contributed by atoms with Crippen molar-refractivity contribution in [3.63, 3.8) is 0 Å². The predicted octanol–water partition coefficient (Wildman–Crippen LogP) is 3.88. The molecule has 20 heavy (non-hydrogen) atoms. The fourth-order valence-corrected chi connectivity index (χ4v) is 3.00. The zero-order valence-corrected chi connectivity index (χ0v) is 12.6. The topological polar surface area (TPSA) is 41.1 Å². The number of rotatable bonds is 5. The lowest BCUT2D eigenvalue weighted by atomic mass is 9.87. The van der Waals surface area contributed by atoms with Crippen LogP contribution in [0.15, 0.2) is 24.3 Å². The Kier molecular flexibility index (Phi) is 5.60. The monoisotopic (exact) mass is 274 g/mol. The van der Waals surface area contributed by atoms with E-state index in [9.17, 15) is 4.79 Å². The minimum absolute atomic E-state index is 0.160. The average Bonchev–Trinajstić information content (AvgIpc) is 2.48. The second kappa shape index (κ2) is 7.44. The number of carbonyl (C=O) groups excluding carboxylic acids is 1. The standard InChI is InChI=1S/C17H26N2O/c1-13(18-2)15-10-6-7-11-16(15)19-17(20)12-14-8-4-3-5-9-14/h6-7,10-11,13-14,18H,3-5,8-9,12H2,1-2H3,(H,19,20). The molecule has 3 nitrogen and oxygen atoms in total. The van der Waals surface area contributed by atoms with Crippen molar-refractivity contribution in [2.75, 3.05) is 12.4 Å². The second-order valence-corrected chi connectivity index (χ2v) is 5.85. The first-order valence-corrected chi connectivity index (χ1v) is 7.76.